The van der Waals surface area contributed by atoms with Gasteiger partial charge < -0.3 is 15.0 Å². The van der Waals surface area contributed by atoms with Gasteiger partial charge in [0.25, 0.3) is 5.91 Å². The predicted molar refractivity (Wildman–Crippen MR) is 81.3 cm³/mol. The van der Waals surface area contributed by atoms with Crippen molar-refractivity contribution in [3.05, 3.63) is 24.3 Å². The van der Waals surface area contributed by atoms with Crippen LogP contribution in [0.1, 0.15) is 33.1 Å². The fourth-order valence-corrected chi connectivity index (χ4v) is 2.45. The molecule has 1 aliphatic rings. The van der Waals surface area contributed by atoms with Crippen molar-refractivity contribution in [3.8, 4) is 5.75 Å². The average Bonchev–Trinajstić information content (AvgIpc) is 2.47. The first kappa shape index (κ1) is 14.9. The van der Waals surface area contributed by atoms with Gasteiger partial charge in [-0.05, 0) is 44.9 Å². The molecule has 1 N–H and O–H groups in total. The van der Waals surface area contributed by atoms with Gasteiger partial charge in [0, 0.05) is 12.6 Å². The Morgan fingerprint density at radius 3 is 3.00 bits per heavy atom. The van der Waals surface area contributed by atoms with Crippen molar-refractivity contribution in [3.63, 3.8) is 0 Å². The molecule has 1 unspecified atom stereocenters. The van der Waals surface area contributed by atoms with Gasteiger partial charge in [-0.1, -0.05) is 19.1 Å². The van der Waals surface area contributed by atoms with Crippen LogP contribution in [-0.2, 0) is 4.79 Å². The van der Waals surface area contributed by atoms with Gasteiger partial charge in [0.2, 0.25) is 0 Å². The van der Waals surface area contributed by atoms with E-state index in [1.54, 1.807) is 0 Å². The lowest BCUT2D eigenvalue weighted by Gasteiger charge is -2.29. The molecule has 0 saturated heterocycles. The molecule has 0 aliphatic carbocycles. The molecule has 0 radical (unpaired) electrons. The molecule has 4 nitrogen and oxygen atoms in total. The van der Waals surface area contributed by atoms with Gasteiger partial charge in [0.05, 0.1) is 5.69 Å². The Labute approximate surface area is 121 Å². The van der Waals surface area contributed by atoms with E-state index in [2.05, 4.69) is 19.2 Å². The smallest absolute Gasteiger partial charge is 0.265 e. The minimum absolute atomic E-state index is 0.0536. The fraction of sp³-hybridized carbons (Fsp3) is 0.562. The standard InChI is InChI=1S/C16H24N2O2/c1-3-10-17-13(2)7-6-11-18-14-8-4-5-9-15(14)20-12-16(18)19/h4-5,8-9,13,17H,3,6-7,10-12H2,1-2H3. The highest BCUT2D eigenvalue weighted by Crippen LogP contribution is 2.31. The number of nitrogens with one attached hydrogen (secondary N) is 1. The Hall–Kier alpha value is -1.55. The van der Waals surface area contributed by atoms with E-state index in [1.807, 2.05) is 29.2 Å². The number of nitrogens with zero attached hydrogens (tertiary/aromatic N) is 1. The van der Waals surface area contributed by atoms with Crippen LogP contribution in [0.4, 0.5) is 5.69 Å². The molecule has 1 aromatic carbocycles. The summed E-state index contributed by atoms with van der Waals surface area (Å²) < 4.78 is 5.44. The summed E-state index contributed by atoms with van der Waals surface area (Å²) >= 11 is 0. The molecular formula is C16H24N2O2. The van der Waals surface area contributed by atoms with E-state index >= 15 is 0 Å². The predicted octanol–water partition coefficient (Wildman–Crippen LogP) is 2.58. The van der Waals surface area contributed by atoms with Crippen molar-refractivity contribution < 1.29 is 9.53 Å². The van der Waals surface area contributed by atoms with E-state index in [-0.39, 0.29) is 12.5 Å². The number of hydrogen-bond donors (Lipinski definition) is 1. The van der Waals surface area contributed by atoms with Crippen LogP contribution in [0.3, 0.4) is 0 Å². The van der Waals surface area contributed by atoms with E-state index in [0.717, 1.165) is 43.8 Å². The minimum Gasteiger partial charge on any atom is -0.482 e. The lowest BCUT2D eigenvalue weighted by molar-refractivity contribution is -0.121. The van der Waals surface area contributed by atoms with Crippen LogP contribution < -0.4 is 15.0 Å². The molecule has 0 saturated carbocycles. The third-order valence-electron chi connectivity index (χ3n) is 3.57. The Morgan fingerprint density at radius 1 is 1.40 bits per heavy atom. The molecule has 1 atom stereocenters. The molecule has 0 spiro atoms. The molecule has 1 heterocycles. The van der Waals surface area contributed by atoms with Gasteiger partial charge in [-0.25, -0.2) is 0 Å². The van der Waals surface area contributed by atoms with Crippen LogP contribution in [-0.4, -0.2) is 31.6 Å². The van der Waals surface area contributed by atoms with Crippen LogP contribution in [0.15, 0.2) is 24.3 Å². The van der Waals surface area contributed by atoms with Crippen molar-refractivity contribution in [2.75, 3.05) is 24.6 Å². The van der Waals surface area contributed by atoms with Gasteiger partial charge >= 0.3 is 0 Å². The molecule has 1 aromatic rings. The first-order valence-corrected chi connectivity index (χ1v) is 7.48. The highest BCUT2D eigenvalue weighted by molar-refractivity contribution is 5.97. The van der Waals surface area contributed by atoms with Crippen molar-refractivity contribution in [2.45, 2.75) is 39.2 Å². The molecule has 4 heteroatoms. The van der Waals surface area contributed by atoms with Crippen LogP contribution in [0.5, 0.6) is 5.75 Å². The number of rotatable bonds is 7. The Balaban J connectivity index is 1.87. The zero-order chi connectivity index (χ0) is 14.4. The first-order chi connectivity index (χ1) is 9.72. The maximum Gasteiger partial charge on any atom is 0.265 e. The van der Waals surface area contributed by atoms with E-state index in [0.29, 0.717) is 6.04 Å². The topological polar surface area (TPSA) is 41.6 Å². The number of hydrogen-bond acceptors (Lipinski definition) is 3. The van der Waals surface area contributed by atoms with Crippen LogP contribution >= 0.6 is 0 Å². The lowest BCUT2D eigenvalue weighted by Crippen LogP contribution is -2.39. The maximum absolute atomic E-state index is 12.0. The van der Waals surface area contributed by atoms with Gasteiger partial charge in [0.15, 0.2) is 6.61 Å². The number of ether oxygens (including phenoxy) is 1. The Morgan fingerprint density at radius 2 is 2.20 bits per heavy atom. The Kier molecular flexibility index (Phi) is 5.41. The van der Waals surface area contributed by atoms with Crippen LogP contribution in [0.25, 0.3) is 0 Å². The lowest BCUT2D eigenvalue weighted by atomic mass is 10.1. The van der Waals surface area contributed by atoms with Gasteiger partial charge in [0.1, 0.15) is 5.75 Å². The second-order valence-electron chi connectivity index (χ2n) is 5.30. The summed E-state index contributed by atoms with van der Waals surface area (Å²) in [6, 6.07) is 8.25. The number of anilines is 1. The van der Waals surface area contributed by atoms with Crippen LogP contribution in [0.2, 0.25) is 0 Å². The maximum atomic E-state index is 12.0. The minimum atomic E-state index is 0.0536. The molecule has 1 amide bonds. The highest BCUT2D eigenvalue weighted by atomic mass is 16.5. The van der Waals surface area contributed by atoms with E-state index in [1.165, 1.54) is 0 Å². The quantitative estimate of drug-likeness (QED) is 0.832. The van der Waals surface area contributed by atoms with E-state index in [4.69, 9.17) is 4.74 Å². The average molecular weight is 276 g/mol. The molecule has 110 valence electrons. The fourth-order valence-electron chi connectivity index (χ4n) is 2.45. The zero-order valence-corrected chi connectivity index (χ0v) is 12.4. The SMILES string of the molecule is CCCNC(C)CCCN1C(=O)COc2ccccc21. The molecular weight excluding hydrogens is 252 g/mol. The summed E-state index contributed by atoms with van der Waals surface area (Å²) in [6.45, 7) is 6.34. The second kappa shape index (κ2) is 7.29. The van der Waals surface area contributed by atoms with Crippen molar-refractivity contribution in [2.24, 2.45) is 0 Å². The summed E-state index contributed by atoms with van der Waals surface area (Å²) in [7, 11) is 0. The first-order valence-electron chi connectivity index (χ1n) is 7.48. The molecule has 20 heavy (non-hydrogen) atoms. The third-order valence-corrected chi connectivity index (χ3v) is 3.57. The molecule has 0 bridgehead atoms. The van der Waals surface area contributed by atoms with Crippen molar-refractivity contribution in [1.29, 1.82) is 0 Å². The molecule has 2 rings (SSSR count). The highest BCUT2D eigenvalue weighted by Gasteiger charge is 2.24. The monoisotopic (exact) mass is 276 g/mol. The van der Waals surface area contributed by atoms with Crippen LogP contribution in [0, 0.1) is 0 Å². The van der Waals surface area contributed by atoms with E-state index in [9.17, 15) is 4.79 Å². The third kappa shape index (κ3) is 3.73. The van der Waals surface area contributed by atoms with Crippen molar-refractivity contribution >= 4 is 11.6 Å². The largest absolute Gasteiger partial charge is 0.482 e. The number of para-hydroxylation sites is 2. The van der Waals surface area contributed by atoms with E-state index < -0.39 is 0 Å². The number of amides is 1. The summed E-state index contributed by atoms with van der Waals surface area (Å²) in [4.78, 5) is 13.8. The molecule has 1 aliphatic heterocycles. The summed E-state index contributed by atoms with van der Waals surface area (Å²) in [5, 5.41) is 3.47. The number of carbonyl (C=O) groups excluding carboxylic acids is 1. The van der Waals surface area contributed by atoms with Crippen molar-refractivity contribution in [1.82, 2.24) is 5.32 Å². The summed E-state index contributed by atoms with van der Waals surface area (Å²) in [5.74, 6) is 0.863. The Bertz CT molecular complexity index is 448. The van der Waals surface area contributed by atoms with Gasteiger partial charge in [-0.2, -0.15) is 0 Å². The normalized spacial score (nSPS) is 15.7. The molecule has 0 aromatic heterocycles. The summed E-state index contributed by atoms with van der Waals surface area (Å²) in [6.07, 6.45) is 3.23. The van der Waals surface area contributed by atoms with Gasteiger partial charge in [-0.15, -0.1) is 0 Å². The number of carbonyl (C=O) groups is 1. The zero-order valence-electron chi connectivity index (χ0n) is 12.4. The summed E-state index contributed by atoms with van der Waals surface area (Å²) in [5.41, 5.74) is 0.901. The molecule has 0 fully saturated rings. The second-order valence-corrected chi connectivity index (χ2v) is 5.30. The number of fused-ring (bicyclic) bond motifs is 1. The number of benzene rings is 1. The van der Waals surface area contributed by atoms with Gasteiger partial charge in [-0.3, -0.25) is 4.79 Å².